The number of rotatable bonds is 10. The molecule has 0 atom stereocenters. The van der Waals surface area contributed by atoms with E-state index in [1.54, 1.807) is 24.3 Å². The van der Waals surface area contributed by atoms with Crippen LogP contribution in [0.5, 0.6) is 11.5 Å². The maximum Gasteiger partial charge on any atom is 0.325 e. The highest BCUT2D eigenvalue weighted by Crippen LogP contribution is 2.21. The van der Waals surface area contributed by atoms with Gasteiger partial charge in [-0.05, 0) is 49.2 Å². The fourth-order valence-electron chi connectivity index (χ4n) is 2.51. The second-order valence-corrected chi connectivity index (χ2v) is 6.36. The third-order valence-electron chi connectivity index (χ3n) is 4.20. The number of benzene rings is 2. The van der Waals surface area contributed by atoms with Crippen molar-refractivity contribution in [3.63, 3.8) is 0 Å². The van der Waals surface area contributed by atoms with Crippen LogP contribution in [0.25, 0.3) is 0 Å². The van der Waals surface area contributed by atoms with Crippen LogP contribution in [0.15, 0.2) is 54.6 Å². The van der Waals surface area contributed by atoms with Crippen molar-refractivity contribution in [3.05, 3.63) is 60.2 Å². The van der Waals surface area contributed by atoms with E-state index in [4.69, 9.17) is 9.47 Å². The maximum atomic E-state index is 12.1. The quantitative estimate of drug-likeness (QED) is 0.600. The summed E-state index contributed by atoms with van der Waals surface area (Å²) in [5.41, 5.74) is 0.379. The summed E-state index contributed by atoms with van der Waals surface area (Å²) in [6, 6.07) is 15.9. The van der Waals surface area contributed by atoms with Crippen molar-refractivity contribution < 1.29 is 23.9 Å². The first-order chi connectivity index (χ1) is 14.0. The zero-order valence-electron chi connectivity index (χ0n) is 16.6. The molecule has 0 aliphatic rings. The molecule has 2 rings (SSSR count). The van der Waals surface area contributed by atoms with Crippen LogP contribution >= 0.6 is 0 Å². The number of ether oxygens (including phenoxy) is 2. The minimum absolute atomic E-state index is 0.0646. The minimum atomic E-state index is -0.679. The zero-order chi connectivity index (χ0) is 21.1. The summed E-state index contributed by atoms with van der Waals surface area (Å²) >= 11 is 0. The molecule has 2 amide bonds. The molecule has 0 bridgehead atoms. The van der Waals surface area contributed by atoms with Crippen molar-refractivity contribution in [1.29, 1.82) is 0 Å². The normalized spacial score (nSPS) is 10.3. The molecule has 7 heteroatoms. The molecule has 0 fully saturated rings. The lowest BCUT2D eigenvalue weighted by Gasteiger charge is -2.14. The first kappa shape index (κ1) is 21.9. The highest BCUT2D eigenvalue weighted by atomic mass is 16.5. The third-order valence-corrected chi connectivity index (χ3v) is 4.20. The summed E-state index contributed by atoms with van der Waals surface area (Å²) in [5.74, 6) is -0.166. The van der Waals surface area contributed by atoms with Crippen molar-refractivity contribution in [2.75, 3.05) is 13.2 Å². The van der Waals surface area contributed by atoms with E-state index < -0.39 is 11.9 Å². The molecule has 154 valence electrons. The van der Waals surface area contributed by atoms with Gasteiger partial charge in [0, 0.05) is 11.6 Å². The van der Waals surface area contributed by atoms with E-state index in [0.717, 1.165) is 12.8 Å². The van der Waals surface area contributed by atoms with Gasteiger partial charge in [-0.2, -0.15) is 0 Å². The second-order valence-electron chi connectivity index (χ2n) is 6.36. The largest absolute Gasteiger partial charge is 0.457 e. The Morgan fingerprint density at radius 2 is 1.52 bits per heavy atom. The molecule has 0 aliphatic heterocycles. The highest BCUT2D eigenvalue weighted by Gasteiger charge is 2.13. The molecule has 7 nitrogen and oxygen atoms in total. The van der Waals surface area contributed by atoms with E-state index in [2.05, 4.69) is 10.6 Å². The lowest BCUT2D eigenvalue weighted by atomic mass is 10.2. The number of nitrogens with one attached hydrogen (secondary N) is 2. The summed E-state index contributed by atoms with van der Waals surface area (Å²) in [6.45, 7) is 3.25. The lowest BCUT2D eigenvalue weighted by molar-refractivity contribution is -0.147. The van der Waals surface area contributed by atoms with Gasteiger partial charge in [-0.3, -0.25) is 14.4 Å². The maximum absolute atomic E-state index is 12.1. The van der Waals surface area contributed by atoms with E-state index >= 15 is 0 Å². The van der Waals surface area contributed by atoms with Crippen LogP contribution < -0.4 is 15.4 Å². The Hall–Kier alpha value is -3.35. The van der Waals surface area contributed by atoms with E-state index in [9.17, 15) is 14.4 Å². The van der Waals surface area contributed by atoms with Gasteiger partial charge in [0.2, 0.25) is 0 Å². The Morgan fingerprint density at radius 1 is 0.897 bits per heavy atom. The summed E-state index contributed by atoms with van der Waals surface area (Å²) < 4.78 is 10.5. The van der Waals surface area contributed by atoms with Gasteiger partial charge in [0.25, 0.3) is 11.8 Å². The molecule has 0 spiro atoms. The molecule has 0 aromatic heterocycles. The molecule has 0 aliphatic carbocycles. The van der Waals surface area contributed by atoms with Crippen LogP contribution in [-0.2, 0) is 14.3 Å². The molecule has 2 N–H and O–H groups in total. The van der Waals surface area contributed by atoms with Crippen molar-refractivity contribution >= 4 is 17.8 Å². The van der Waals surface area contributed by atoms with E-state index in [0.29, 0.717) is 17.1 Å². The minimum Gasteiger partial charge on any atom is -0.457 e. The first-order valence-corrected chi connectivity index (χ1v) is 9.58. The van der Waals surface area contributed by atoms with Crippen molar-refractivity contribution in [3.8, 4) is 11.5 Å². The molecule has 2 aromatic carbocycles. The molecule has 2 aromatic rings. The molecule has 0 radical (unpaired) electrons. The standard InChI is InChI=1S/C22H26N2O5/c1-3-17(4-2)24-20(25)15-28-21(26)14-23-22(27)16-10-12-19(13-11-16)29-18-8-6-5-7-9-18/h5-13,17H,3-4,14-15H2,1-2H3,(H,23,27)(H,24,25). The van der Waals surface area contributed by atoms with E-state index in [1.807, 2.05) is 44.2 Å². The fourth-order valence-corrected chi connectivity index (χ4v) is 2.51. The number of para-hydroxylation sites is 1. The van der Waals surface area contributed by atoms with Gasteiger partial charge < -0.3 is 20.1 Å². The molecular formula is C22H26N2O5. The number of amides is 2. The molecule has 0 unspecified atom stereocenters. The van der Waals surface area contributed by atoms with Gasteiger partial charge in [-0.25, -0.2) is 0 Å². The molecular weight excluding hydrogens is 372 g/mol. The highest BCUT2D eigenvalue weighted by molar-refractivity contribution is 5.96. The number of hydrogen-bond acceptors (Lipinski definition) is 5. The van der Waals surface area contributed by atoms with Crippen molar-refractivity contribution in [1.82, 2.24) is 10.6 Å². The number of carbonyl (C=O) groups excluding carboxylic acids is 3. The van der Waals surface area contributed by atoms with E-state index in [-0.39, 0.29) is 25.1 Å². The van der Waals surface area contributed by atoms with Crippen molar-refractivity contribution in [2.24, 2.45) is 0 Å². The Labute approximate surface area is 170 Å². The number of hydrogen-bond donors (Lipinski definition) is 2. The van der Waals surface area contributed by atoms with Crippen LogP contribution in [0.1, 0.15) is 37.0 Å². The average molecular weight is 398 g/mol. The van der Waals surface area contributed by atoms with Crippen LogP contribution in [0.4, 0.5) is 0 Å². The smallest absolute Gasteiger partial charge is 0.325 e. The predicted molar refractivity (Wildman–Crippen MR) is 109 cm³/mol. The van der Waals surface area contributed by atoms with Crippen LogP contribution in [0, 0.1) is 0 Å². The SMILES string of the molecule is CCC(CC)NC(=O)COC(=O)CNC(=O)c1ccc(Oc2ccccc2)cc1. The summed E-state index contributed by atoms with van der Waals surface area (Å²) in [5, 5.41) is 5.24. The summed E-state index contributed by atoms with van der Waals surface area (Å²) in [7, 11) is 0. The van der Waals surface area contributed by atoms with Gasteiger partial charge in [-0.1, -0.05) is 32.0 Å². The van der Waals surface area contributed by atoms with Gasteiger partial charge in [-0.15, -0.1) is 0 Å². The Morgan fingerprint density at radius 3 is 2.14 bits per heavy atom. The summed E-state index contributed by atoms with van der Waals surface area (Å²) in [4.78, 5) is 35.6. The molecule has 0 heterocycles. The third kappa shape index (κ3) is 7.65. The predicted octanol–water partition coefficient (Wildman–Crippen LogP) is 3.06. The van der Waals surface area contributed by atoms with Gasteiger partial charge in [0.1, 0.15) is 18.0 Å². The monoisotopic (exact) mass is 398 g/mol. The first-order valence-electron chi connectivity index (χ1n) is 9.58. The molecule has 29 heavy (non-hydrogen) atoms. The zero-order valence-corrected chi connectivity index (χ0v) is 16.6. The Kier molecular flexibility index (Phi) is 8.69. The van der Waals surface area contributed by atoms with Crippen molar-refractivity contribution in [2.45, 2.75) is 32.7 Å². The fraction of sp³-hybridized carbons (Fsp3) is 0.318. The van der Waals surface area contributed by atoms with Gasteiger partial charge in [0.15, 0.2) is 6.61 Å². The Bertz CT molecular complexity index is 802. The van der Waals surface area contributed by atoms with Crippen LogP contribution in [0.3, 0.4) is 0 Å². The van der Waals surface area contributed by atoms with Crippen LogP contribution in [0.2, 0.25) is 0 Å². The Balaban J connectivity index is 1.74. The number of carbonyl (C=O) groups is 3. The van der Waals surface area contributed by atoms with E-state index in [1.165, 1.54) is 0 Å². The lowest BCUT2D eigenvalue weighted by Crippen LogP contribution is -2.38. The average Bonchev–Trinajstić information content (AvgIpc) is 2.75. The van der Waals surface area contributed by atoms with Gasteiger partial charge >= 0.3 is 5.97 Å². The topological polar surface area (TPSA) is 93.7 Å². The second kappa shape index (κ2) is 11.5. The van der Waals surface area contributed by atoms with Crippen LogP contribution in [-0.4, -0.2) is 37.0 Å². The van der Waals surface area contributed by atoms with Gasteiger partial charge in [0.05, 0.1) is 0 Å². The molecule has 0 saturated heterocycles. The molecule has 0 saturated carbocycles. The summed E-state index contributed by atoms with van der Waals surface area (Å²) in [6.07, 6.45) is 1.61. The number of esters is 1.